The predicted molar refractivity (Wildman–Crippen MR) is 69.9 cm³/mol. The Kier molecular flexibility index (Phi) is 2.77. The van der Waals surface area contributed by atoms with E-state index in [2.05, 4.69) is 19.9 Å². The fourth-order valence-corrected chi connectivity index (χ4v) is 2.44. The Morgan fingerprint density at radius 1 is 1.55 bits per heavy atom. The SMILES string of the molecule is [3H]n1ccc(OCc2c(C)nsc2-n2nnn(C)c2=O)n1. The average molecular weight is 295 g/mol. The van der Waals surface area contributed by atoms with Crippen molar-refractivity contribution in [1.29, 1.82) is 0 Å². The van der Waals surface area contributed by atoms with Crippen LogP contribution in [0.4, 0.5) is 0 Å². The van der Waals surface area contributed by atoms with Crippen molar-refractivity contribution in [2.24, 2.45) is 7.05 Å². The molecule has 3 heterocycles. The van der Waals surface area contributed by atoms with Crippen LogP contribution in [0.1, 0.15) is 11.3 Å². The van der Waals surface area contributed by atoms with Gasteiger partial charge in [-0.1, -0.05) is 0 Å². The molecule has 0 saturated carbocycles. The summed E-state index contributed by atoms with van der Waals surface area (Å²) in [6, 6.07) is 1.58. The standard InChI is InChI=1S/C10H11N7O2S/c1-6-7(5-19-8-3-4-11-12-8)9(20-13-6)17-10(18)16(2)14-15-17/h3-4H,5H2,1-2H3,(H,11,12)/i/hT. The van der Waals surface area contributed by atoms with Gasteiger partial charge in [0.05, 0.1) is 5.69 Å². The van der Waals surface area contributed by atoms with Crippen molar-refractivity contribution in [3.63, 3.8) is 0 Å². The summed E-state index contributed by atoms with van der Waals surface area (Å²) < 4.78 is 19.3. The molecular formula is C10H11N7O2S. The molecule has 3 aromatic heterocycles. The largest absolute Gasteiger partial charge is 0.472 e. The van der Waals surface area contributed by atoms with Gasteiger partial charge in [0.15, 0.2) is 6.41 Å². The molecule has 0 radical (unpaired) electrons. The van der Waals surface area contributed by atoms with Gasteiger partial charge in [0.1, 0.15) is 6.61 Å². The number of rotatable bonds is 4. The number of nitrogens with one attached hydrogen (secondary N) is 1. The molecule has 0 amide bonds. The summed E-state index contributed by atoms with van der Waals surface area (Å²) >= 11 is 1.15. The average Bonchev–Trinajstić information content (AvgIpc) is 3.11. The summed E-state index contributed by atoms with van der Waals surface area (Å²) in [6.45, 7) is 2.00. The summed E-state index contributed by atoms with van der Waals surface area (Å²) in [5, 5.41) is 12.8. The topological polar surface area (TPSA) is 104 Å². The minimum absolute atomic E-state index is 0.178. The Hall–Kier alpha value is -2.49. The van der Waals surface area contributed by atoms with E-state index < -0.39 is 0 Å². The molecule has 0 aliphatic heterocycles. The van der Waals surface area contributed by atoms with Crippen LogP contribution in [0.25, 0.3) is 5.00 Å². The van der Waals surface area contributed by atoms with Gasteiger partial charge in [-0.3, -0.25) is 5.09 Å². The van der Waals surface area contributed by atoms with E-state index in [1.54, 1.807) is 6.07 Å². The predicted octanol–water partition coefficient (Wildman–Crippen LogP) is 0.0330. The van der Waals surface area contributed by atoms with Gasteiger partial charge < -0.3 is 4.74 Å². The third-order valence-electron chi connectivity index (χ3n) is 2.68. The molecule has 0 aromatic carbocycles. The van der Waals surface area contributed by atoms with Crippen LogP contribution < -0.4 is 10.4 Å². The molecule has 0 aliphatic carbocycles. The van der Waals surface area contributed by atoms with Gasteiger partial charge in [0.25, 0.3) is 0 Å². The lowest BCUT2D eigenvalue weighted by molar-refractivity contribution is 0.292. The Morgan fingerprint density at radius 3 is 3.05 bits per heavy atom. The quantitative estimate of drug-likeness (QED) is 0.728. The third-order valence-corrected chi connectivity index (χ3v) is 3.64. The monoisotopic (exact) mass is 295 g/mol. The Morgan fingerprint density at radius 2 is 2.40 bits per heavy atom. The second kappa shape index (κ2) is 4.89. The van der Waals surface area contributed by atoms with Gasteiger partial charge in [-0.15, -0.1) is 9.78 Å². The number of hydrogen-bond donors (Lipinski definition) is 1. The highest BCUT2D eigenvalue weighted by molar-refractivity contribution is 7.08. The van der Waals surface area contributed by atoms with Crippen molar-refractivity contribution in [2.75, 3.05) is 0 Å². The number of tetrazole rings is 1. The number of hydrogen-bond acceptors (Lipinski definition) is 7. The van der Waals surface area contributed by atoms with Crippen LogP contribution >= 0.6 is 11.5 Å². The van der Waals surface area contributed by atoms with Gasteiger partial charge in [0.2, 0.25) is 5.88 Å². The third kappa shape index (κ3) is 2.09. The first-order valence-electron chi connectivity index (χ1n) is 6.13. The minimum atomic E-state index is -0.352. The van der Waals surface area contributed by atoms with Gasteiger partial charge in [-0.2, -0.15) is 9.06 Å². The van der Waals surface area contributed by atoms with Crippen molar-refractivity contribution in [3.05, 3.63) is 34.0 Å². The zero-order chi connectivity index (χ0) is 15.0. The molecule has 3 rings (SSSR count). The van der Waals surface area contributed by atoms with E-state index >= 15 is 0 Å². The van der Waals surface area contributed by atoms with Crippen LogP contribution in [0.3, 0.4) is 0 Å². The van der Waals surface area contributed by atoms with Crippen LogP contribution in [-0.4, -0.2) is 34.4 Å². The van der Waals surface area contributed by atoms with Gasteiger partial charge in [-0.25, -0.2) is 4.79 Å². The Bertz CT molecular complexity index is 833. The first-order valence-corrected chi connectivity index (χ1v) is 6.46. The van der Waals surface area contributed by atoms with E-state index in [0.29, 0.717) is 10.9 Å². The Balaban J connectivity index is 1.90. The van der Waals surface area contributed by atoms with Crippen LogP contribution in [-0.2, 0) is 13.7 Å². The molecular weight excluding hydrogens is 282 g/mol. The summed E-state index contributed by atoms with van der Waals surface area (Å²) in [5.41, 5.74) is 1.13. The zero-order valence-corrected chi connectivity index (χ0v) is 11.5. The van der Waals surface area contributed by atoms with E-state index in [1.165, 1.54) is 17.9 Å². The van der Waals surface area contributed by atoms with Gasteiger partial charge in [-0.05, 0) is 28.9 Å². The Labute approximate surface area is 118 Å². The van der Waals surface area contributed by atoms with Crippen molar-refractivity contribution in [1.82, 2.24) is 34.4 Å². The molecule has 0 spiro atoms. The first kappa shape index (κ1) is 11.3. The summed E-state index contributed by atoms with van der Waals surface area (Å²) in [5.74, 6) is 0.327. The van der Waals surface area contributed by atoms with Crippen LogP contribution in [0.15, 0.2) is 17.1 Å². The number of ether oxygens (including phenoxy) is 1. The lowest BCUT2D eigenvalue weighted by Crippen LogP contribution is -2.22. The second-order valence-corrected chi connectivity index (χ2v) is 4.76. The summed E-state index contributed by atoms with van der Waals surface area (Å²) in [6.07, 6.45) is 1.46. The summed E-state index contributed by atoms with van der Waals surface area (Å²) in [4.78, 5) is 11.9. The molecule has 0 unspecified atom stereocenters. The molecule has 0 saturated heterocycles. The van der Waals surface area contributed by atoms with E-state index in [0.717, 1.165) is 32.6 Å². The highest BCUT2D eigenvalue weighted by Gasteiger charge is 2.17. The highest BCUT2D eigenvalue weighted by Crippen LogP contribution is 2.22. The fraction of sp³-hybridized carbons (Fsp3) is 0.300. The number of aryl methyl sites for hydroxylation is 2. The van der Waals surface area contributed by atoms with Gasteiger partial charge in [0, 0.05) is 24.9 Å². The van der Waals surface area contributed by atoms with E-state index in [9.17, 15) is 4.79 Å². The highest BCUT2D eigenvalue weighted by atomic mass is 32.1. The molecule has 10 heteroatoms. The number of nitrogens with zero attached hydrogens (tertiary/aromatic N) is 6. The number of aromatic nitrogens is 7. The molecule has 0 atom stereocenters. The van der Waals surface area contributed by atoms with Crippen LogP contribution in [0, 0.1) is 6.92 Å². The second-order valence-electron chi connectivity index (χ2n) is 4.01. The van der Waals surface area contributed by atoms with Crippen molar-refractivity contribution < 1.29 is 6.15 Å². The molecule has 104 valence electrons. The molecule has 9 nitrogen and oxygen atoms in total. The van der Waals surface area contributed by atoms with E-state index in [1.807, 2.05) is 6.92 Å². The van der Waals surface area contributed by atoms with Crippen LogP contribution in [0.2, 0.25) is 1.41 Å². The molecule has 20 heavy (non-hydrogen) atoms. The minimum Gasteiger partial charge on any atom is -0.472 e. The lowest BCUT2D eigenvalue weighted by Gasteiger charge is -2.03. The van der Waals surface area contributed by atoms with E-state index in [4.69, 9.17) is 6.15 Å². The number of aromatic amines is 1. The van der Waals surface area contributed by atoms with Gasteiger partial charge >= 0.3 is 5.69 Å². The van der Waals surface area contributed by atoms with Crippen LogP contribution in [0.5, 0.6) is 5.88 Å². The molecule has 0 bridgehead atoms. The molecule has 3 aromatic rings. The lowest BCUT2D eigenvalue weighted by atomic mass is 10.2. The maximum absolute atomic E-state index is 11.9. The molecule has 0 fully saturated rings. The molecule has 1 N–H and O–H groups in total. The smallest absolute Gasteiger partial charge is 0.369 e. The fourth-order valence-electron chi connectivity index (χ4n) is 1.59. The van der Waals surface area contributed by atoms with Crippen molar-refractivity contribution in [3.8, 4) is 10.9 Å². The van der Waals surface area contributed by atoms with E-state index in [-0.39, 0.29) is 12.3 Å². The first-order chi connectivity index (χ1) is 10.1. The maximum atomic E-state index is 11.9. The summed E-state index contributed by atoms with van der Waals surface area (Å²) in [7, 11) is 1.52. The molecule has 0 aliphatic rings. The van der Waals surface area contributed by atoms with Crippen molar-refractivity contribution in [2.45, 2.75) is 13.5 Å². The number of H-pyrrole nitrogens is 1. The zero-order valence-electron chi connectivity index (χ0n) is 11.7. The maximum Gasteiger partial charge on any atom is 0.369 e. The normalized spacial score (nSPS) is 11.6. The van der Waals surface area contributed by atoms with Crippen molar-refractivity contribution >= 4 is 11.5 Å².